The highest BCUT2D eigenvalue weighted by Gasteiger charge is 2.47. The van der Waals surface area contributed by atoms with Gasteiger partial charge in [-0.3, -0.25) is 29.0 Å². The zero-order valence-corrected chi connectivity index (χ0v) is 74.0. The molecule has 0 aromatic heterocycles. The molecule has 17 rings (SSSR count). The van der Waals surface area contributed by atoms with Gasteiger partial charge in [-0.25, -0.2) is 28.8 Å². The molecule has 4 amide bonds. The van der Waals surface area contributed by atoms with Crippen molar-refractivity contribution >= 4 is 103 Å². The molecule has 0 bridgehead atoms. The number of carbonyl (C=O) groups is 10. The normalized spacial score (nSPS) is 12.4. The van der Waals surface area contributed by atoms with Gasteiger partial charge in [0.2, 0.25) is 0 Å². The molecule has 2 heterocycles. The lowest BCUT2D eigenvalue weighted by atomic mass is 9.80. The summed E-state index contributed by atoms with van der Waals surface area (Å²) in [4.78, 5) is 149. The summed E-state index contributed by atoms with van der Waals surface area (Å²) in [6.45, 7) is 17.5. The predicted octanol–water partition coefficient (Wildman–Crippen LogP) is 22.0. The fraction of sp³-hybridized carbons (Fsp3) is 0.109. The van der Waals surface area contributed by atoms with Gasteiger partial charge in [-0.05, 0) is 195 Å². The zero-order valence-electron chi connectivity index (χ0n) is 74.0. The Labute approximate surface area is 788 Å². The summed E-state index contributed by atoms with van der Waals surface area (Å²) in [6.07, 6.45) is 3.55. The summed E-state index contributed by atoms with van der Waals surface area (Å²) in [7, 11) is 0. The molecule has 28 nitrogen and oxygen atoms in total. The van der Waals surface area contributed by atoms with Gasteiger partial charge in [0.05, 0.1) is 35.5 Å². The van der Waals surface area contributed by atoms with Crippen LogP contribution in [0.5, 0.6) is 115 Å². The highest BCUT2D eigenvalue weighted by atomic mass is 16.6. The monoisotopic (exact) mass is 1850 g/mol. The van der Waals surface area contributed by atoms with E-state index in [-0.39, 0.29) is 233 Å². The van der Waals surface area contributed by atoms with Crippen LogP contribution >= 0.6 is 0 Å². The van der Waals surface area contributed by atoms with E-state index in [4.69, 9.17) is 75.8 Å². The van der Waals surface area contributed by atoms with Crippen molar-refractivity contribution in [3.05, 3.63) is 363 Å². The topological polar surface area (TPSA) is 325 Å². The standard InChI is InChI=1S/C110H82N2O26/c1-7-93(113)135-79-31-19-27-75(57-79)127-67-35-43-71(44-36-67)131-89-61-83-97-84(106(118)111(105(83)117)87(55-65-23-15-13-16-24-65)109(121)125-53-51-123-11-5)63-91(133-73-47-39-69(40-48-73)129-77-29-21-33-81(59-77)137-95(115)9-3)101-102-92(134-74-49-41-70(42-50-74)130-78-30-22-34-82(60-78)138-96(116)10-4)64-86-98-85(107(119)112(108(86)120)88(56-66-25-17-14-18-26-66)110(122)126-54-52-124-12-6)62-90(100(104(98)102)99(89)103(97)101)132-72-45-37-68(38-46-72)128-76-28-20-32-80(58-76)136-94(114)8-2/h7-10,13-50,57-64,87-88H,1-4,11-12,51-56H2,5-6H3. The van der Waals surface area contributed by atoms with E-state index in [1.807, 2.05) is 0 Å². The first kappa shape index (κ1) is 91.9. The Hall–Kier alpha value is -18.0. The van der Waals surface area contributed by atoms with Crippen LogP contribution in [0, 0.1) is 0 Å². The summed E-state index contributed by atoms with van der Waals surface area (Å²) >= 11 is 0. The summed E-state index contributed by atoms with van der Waals surface area (Å²) < 4.78 is 99.7. The number of rotatable bonds is 40. The number of esters is 6. The highest BCUT2D eigenvalue weighted by molar-refractivity contribution is 6.45. The van der Waals surface area contributed by atoms with Crippen molar-refractivity contribution in [1.82, 2.24) is 9.80 Å². The maximum absolute atomic E-state index is 16.9. The summed E-state index contributed by atoms with van der Waals surface area (Å²) in [5.74, 6) is -6.46. The third-order valence-corrected chi connectivity index (χ3v) is 21.9. The van der Waals surface area contributed by atoms with Gasteiger partial charge < -0.3 is 75.8 Å². The van der Waals surface area contributed by atoms with Crippen LogP contribution in [0.2, 0.25) is 0 Å². The minimum Gasteiger partial charge on any atom is -0.462 e. The van der Waals surface area contributed by atoms with E-state index in [1.165, 1.54) is 48.5 Å². The number of ether oxygens (including phenoxy) is 16. The molecular formula is C110H82N2O26. The maximum atomic E-state index is 16.9. The number of hydrogen-bond acceptors (Lipinski definition) is 26. The molecule has 0 radical (unpaired) electrons. The second kappa shape index (κ2) is 41.4. The first-order valence-corrected chi connectivity index (χ1v) is 43.5. The lowest BCUT2D eigenvalue weighted by Gasteiger charge is -2.35. The van der Waals surface area contributed by atoms with Crippen LogP contribution in [0.4, 0.5) is 0 Å². The zero-order chi connectivity index (χ0) is 96.0. The largest absolute Gasteiger partial charge is 0.462 e. The van der Waals surface area contributed by atoms with Crippen LogP contribution in [0.25, 0.3) is 43.1 Å². The Balaban J connectivity index is 0.961. The van der Waals surface area contributed by atoms with Gasteiger partial charge in [-0.1, -0.05) is 111 Å². The minimum absolute atomic E-state index is 0.0248. The molecule has 0 fully saturated rings. The number of benzene rings is 15. The van der Waals surface area contributed by atoms with Crippen LogP contribution in [-0.4, -0.2) is 121 Å². The van der Waals surface area contributed by atoms with Crippen molar-refractivity contribution in [3.8, 4) is 115 Å². The van der Waals surface area contributed by atoms with Crippen molar-refractivity contribution in [2.45, 2.75) is 38.8 Å². The van der Waals surface area contributed by atoms with Crippen molar-refractivity contribution in [2.75, 3.05) is 39.6 Å². The molecule has 15 aromatic rings. The van der Waals surface area contributed by atoms with Gasteiger partial charge in [-0.2, -0.15) is 0 Å². The van der Waals surface area contributed by atoms with Gasteiger partial charge in [0, 0.05) is 118 Å². The SMILES string of the molecule is C=CC(=O)Oc1cccc(Oc2ccc(Oc3cc4c5c(cc(Oc6ccc(Oc7cccc(OC(=O)C=C)c7)cc6)c6c7c(Oc8ccc(Oc9cccc(OC(=O)C=C)c9)cc8)cc8c9c(cc(Oc%10ccc(Oc%11cccc(OC(=O)C=C)c%11)cc%10)c(c3c56)c97)C(=O)N(C(Cc3ccccc3)C(=O)OCCOCC)C8=O)C(=O)N(C(Cc3ccccc3)C(=O)OCCOCC)C4=O)cc2)c1. The van der Waals surface area contributed by atoms with Crippen molar-refractivity contribution < 1.29 is 124 Å². The molecule has 0 N–H and O–H groups in total. The molecule has 0 spiro atoms. The number of amides is 4. The predicted molar refractivity (Wildman–Crippen MR) is 507 cm³/mol. The average molecular weight is 1850 g/mol. The number of hydrogen-bond donors (Lipinski definition) is 0. The van der Waals surface area contributed by atoms with Crippen LogP contribution in [-0.2, 0) is 60.6 Å². The lowest BCUT2D eigenvalue weighted by Crippen LogP contribution is -2.52. The molecule has 688 valence electrons. The summed E-state index contributed by atoms with van der Waals surface area (Å²) in [5.41, 5.74) is 0.195. The van der Waals surface area contributed by atoms with Gasteiger partial charge in [0.1, 0.15) is 140 Å². The highest BCUT2D eigenvalue weighted by Crippen LogP contribution is 2.59. The minimum atomic E-state index is -1.69. The number of carbonyl (C=O) groups excluding carboxylic acids is 10. The first-order chi connectivity index (χ1) is 67.2. The molecule has 0 saturated carbocycles. The number of fused-ring (bicyclic) bond motifs is 2. The summed E-state index contributed by atoms with van der Waals surface area (Å²) in [5, 5.41) is 0.0675. The molecule has 0 saturated heterocycles. The Morgan fingerprint density at radius 3 is 0.725 bits per heavy atom. The van der Waals surface area contributed by atoms with E-state index in [2.05, 4.69) is 26.3 Å². The van der Waals surface area contributed by atoms with E-state index >= 15 is 28.8 Å². The Kier molecular flexibility index (Phi) is 27.6. The van der Waals surface area contributed by atoms with E-state index < -0.39 is 71.5 Å². The fourth-order valence-corrected chi connectivity index (χ4v) is 15.9. The first-order valence-electron chi connectivity index (χ1n) is 43.5. The van der Waals surface area contributed by atoms with Gasteiger partial charge in [-0.15, -0.1) is 0 Å². The van der Waals surface area contributed by atoms with Crippen molar-refractivity contribution in [1.29, 1.82) is 0 Å². The van der Waals surface area contributed by atoms with E-state index in [0.717, 1.165) is 34.1 Å². The third-order valence-electron chi connectivity index (χ3n) is 21.9. The second-order valence-corrected chi connectivity index (χ2v) is 30.9. The fourth-order valence-electron chi connectivity index (χ4n) is 15.9. The molecule has 28 heteroatoms. The third kappa shape index (κ3) is 20.3. The molecule has 15 aromatic carbocycles. The van der Waals surface area contributed by atoms with Gasteiger partial charge in [0.15, 0.2) is 0 Å². The van der Waals surface area contributed by atoms with Crippen LogP contribution in [0.1, 0.15) is 66.4 Å². The number of imide groups is 2. The molecule has 0 aliphatic carbocycles. The Morgan fingerprint density at radius 2 is 0.493 bits per heavy atom. The van der Waals surface area contributed by atoms with E-state index in [0.29, 0.717) is 11.1 Å². The smallest absolute Gasteiger partial charge is 0.335 e. The van der Waals surface area contributed by atoms with E-state index in [1.54, 1.807) is 244 Å². The quantitative estimate of drug-likeness (QED) is 0.00655. The number of nitrogens with zero attached hydrogens (tertiary/aromatic N) is 2. The molecule has 2 aliphatic rings. The molecule has 2 aliphatic heterocycles. The molecular weight excluding hydrogens is 1770 g/mol. The van der Waals surface area contributed by atoms with Crippen molar-refractivity contribution in [3.63, 3.8) is 0 Å². The Bertz CT molecular complexity index is 6520. The average Bonchev–Trinajstić information content (AvgIpc) is 0.668. The second-order valence-electron chi connectivity index (χ2n) is 30.9. The maximum Gasteiger partial charge on any atom is 0.335 e. The van der Waals surface area contributed by atoms with Crippen LogP contribution in [0.15, 0.2) is 330 Å². The Morgan fingerprint density at radius 1 is 0.261 bits per heavy atom. The molecule has 2 atom stereocenters. The summed E-state index contributed by atoms with van der Waals surface area (Å²) in [6, 6.07) is 70.2. The van der Waals surface area contributed by atoms with Gasteiger partial charge >= 0.3 is 35.8 Å². The van der Waals surface area contributed by atoms with Crippen LogP contribution in [0.3, 0.4) is 0 Å². The van der Waals surface area contributed by atoms with Gasteiger partial charge in [0.25, 0.3) is 23.6 Å². The van der Waals surface area contributed by atoms with Crippen molar-refractivity contribution in [2.24, 2.45) is 0 Å². The van der Waals surface area contributed by atoms with E-state index in [9.17, 15) is 19.2 Å². The molecule has 2 unspecified atom stereocenters. The van der Waals surface area contributed by atoms with Crippen LogP contribution < -0.4 is 56.8 Å². The molecule has 138 heavy (non-hydrogen) atoms. The lowest BCUT2D eigenvalue weighted by molar-refractivity contribution is -0.150.